The Bertz CT molecular complexity index is 437. The fourth-order valence-electron chi connectivity index (χ4n) is 0.967. The van der Waals surface area contributed by atoms with Crippen molar-refractivity contribution in [1.82, 2.24) is 0 Å². The Hall–Kier alpha value is -1.73. The van der Waals surface area contributed by atoms with E-state index in [2.05, 4.69) is 4.74 Å². The minimum Gasteiger partial charge on any atom is -0.437 e. The van der Waals surface area contributed by atoms with Gasteiger partial charge < -0.3 is 9.47 Å². The third-order valence-corrected chi connectivity index (χ3v) is 2.23. The molecule has 78 valence electrons. The van der Waals surface area contributed by atoms with E-state index in [-0.39, 0.29) is 16.3 Å². The van der Waals surface area contributed by atoms with Crippen LogP contribution in [0, 0.1) is 18.3 Å². The van der Waals surface area contributed by atoms with E-state index in [0.29, 0.717) is 0 Å². The zero-order valence-electron chi connectivity index (χ0n) is 8.20. The Morgan fingerprint density at radius 3 is 2.73 bits per heavy atom. The van der Waals surface area contributed by atoms with E-state index in [1.54, 1.807) is 13.0 Å². The highest BCUT2D eigenvalue weighted by Crippen LogP contribution is 2.31. The van der Waals surface area contributed by atoms with Gasteiger partial charge in [0.25, 0.3) is 0 Å². The average Bonchev–Trinajstić information content (AvgIpc) is 2.25. The maximum absolute atomic E-state index is 10.9. The molecule has 0 atom stereocenters. The third kappa shape index (κ3) is 2.39. The fraction of sp³-hybridized carbons (Fsp3) is 0.200. The molecule has 5 heteroatoms. The van der Waals surface area contributed by atoms with Crippen LogP contribution >= 0.6 is 11.6 Å². The molecule has 0 radical (unpaired) electrons. The van der Waals surface area contributed by atoms with Crippen LogP contribution in [0.3, 0.4) is 0 Å². The van der Waals surface area contributed by atoms with Crippen molar-refractivity contribution in [2.24, 2.45) is 0 Å². The number of benzene rings is 1. The van der Waals surface area contributed by atoms with Gasteiger partial charge in [-0.25, -0.2) is 4.79 Å². The van der Waals surface area contributed by atoms with Gasteiger partial charge in [-0.05, 0) is 18.6 Å². The van der Waals surface area contributed by atoms with Crippen molar-refractivity contribution < 1.29 is 14.3 Å². The number of rotatable bonds is 1. The molecule has 0 aromatic heterocycles. The fourth-order valence-corrected chi connectivity index (χ4v) is 1.17. The van der Waals surface area contributed by atoms with Gasteiger partial charge in [-0.1, -0.05) is 17.7 Å². The number of hydrogen-bond donors (Lipinski definition) is 0. The van der Waals surface area contributed by atoms with Crippen LogP contribution in [-0.2, 0) is 4.74 Å². The van der Waals surface area contributed by atoms with Crippen LogP contribution in [0.5, 0.6) is 5.75 Å². The Balaban J connectivity index is 3.19. The first-order valence-corrected chi connectivity index (χ1v) is 4.43. The predicted molar refractivity (Wildman–Crippen MR) is 53.9 cm³/mol. The van der Waals surface area contributed by atoms with Gasteiger partial charge in [-0.2, -0.15) is 5.26 Å². The number of ether oxygens (including phenoxy) is 2. The topological polar surface area (TPSA) is 59.3 Å². The summed E-state index contributed by atoms with van der Waals surface area (Å²) < 4.78 is 9.10. The second-order valence-electron chi connectivity index (χ2n) is 2.74. The smallest absolute Gasteiger partial charge is 0.437 e. The number of carbonyl (C=O) groups excluding carboxylic acids is 1. The van der Waals surface area contributed by atoms with Gasteiger partial charge in [0.15, 0.2) is 5.75 Å². The standard InChI is InChI=1S/C10H8ClNO3/c1-6-3-4-7(5-12)9(8(6)11)15-10(13)14-2/h3-4H,1-2H3. The zero-order chi connectivity index (χ0) is 11.4. The highest BCUT2D eigenvalue weighted by Gasteiger charge is 2.15. The summed E-state index contributed by atoms with van der Waals surface area (Å²) in [5.41, 5.74) is 0.908. The lowest BCUT2D eigenvalue weighted by Gasteiger charge is -2.08. The summed E-state index contributed by atoms with van der Waals surface area (Å²) in [6.07, 6.45) is -0.904. The van der Waals surface area contributed by atoms with Crippen LogP contribution in [0.4, 0.5) is 4.79 Å². The highest BCUT2D eigenvalue weighted by molar-refractivity contribution is 6.33. The minimum atomic E-state index is -0.904. The number of nitriles is 1. The van der Waals surface area contributed by atoms with E-state index in [4.69, 9.17) is 21.6 Å². The van der Waals surface area contributed by atoms with E-state index in [1.807, 2.05) is 6.07 Å². The van der Waals surface area contributed by atoms with Crippen LogP contribution in [0.25, 0.3) is 0 Å². The minimum absolute atomic E-state index is 0.0333. The second kappa shape index (κ2) is 4.67. The molecule has 15 heavy (non-hydrogen) atoms. The summed E-state index contributed by atoms with van der Waals surface area (Å²) in [4.78, 5) is 10.9. The highest BCUT2D eigenvalue weighted by atomic mass is 35.5. The van der Waals surface area contributed by atoms with Gasteiger partial charge in [0, 0.05) is 0 Å². The van der Waals surface area contributed by atoms with Gasteiger partial charge in [0.2, 0.25) is 0 Å². The van der Waals surface area contributed by atoms with E-state index >= 15 is 0 Å². The summed E-state index contributed by atoms with van der Waals surface area (Å²) in [7, 11) is 1.18. The summed E-state index contributed by atoms with van der Waals surface area (Å²) in [6, 6.07) is 5.07. The van der Waals surface area contributed by atoms with Crippen molar-refractivity contribution in [3.63, 3.8) is 0 Å². The molecule has 0 amide bonds. The zero-order valence-corrected chi connectivity index (χ0v) is 8.96. The number of hydrogen-bond acceptors (Lipinski definition) is 4. The Morgan fingerprint density at radius 2 is 2.20 bits per heavy atom. The van der Waals surface area contributed by atoms with Gasteiger partial charge in [-0.3, -0.25) is 0 Å². The first-order valence-electron chi connectivity index (χ1n) is 4.05. The molecule has 0 bridgehead atoms. The lowest BCUT2D eigenvalue weighted by atomic mass is 10.1. The van der Waals surface area contributed by atoms with E-state index < -0.39 is 6.16 Å². The molecule has 0 saturated heterocycles. The molecule has 0 aliphatic heterocycles. The average molecular weight is 226 g/mol. The lowest BCUT2D eigenvalue weighted by molar-refractivity contribution is 0.121. The van der Waals surface area contributed by atoms with Crippen molar-refractivity contribution in [3.8, 4) is 11.8 Å². The second-order valence-corrected chi connectivity index (χ2v) is 3.12. The van der Waals surface area contributed by atoms with Crippen LogP contribution in [0.15, 0.2) is 12.1 Å². The molecule has 4 nitrogen and oxygen atoms in total. The van der Waals surface area contributed by atoms with Crippen LogP contribution in [0.1, 0.15) is 11.1 Å². The molecule has 0 aliphatic carbocycles. The summed E-state index contributed by atoms with van der Waals surface area (Å²) in [5.74, 6) is 0.0333. The molecule has 0 unspecified atom stereocenters. The summed E-state index contributed by atoms with van der Waals surface area (Å²) >= 11 is 5.89. The van der Waals surface area contributed by atoms with Crippen LogP contribution < -0.4 is 4.74 Å². The summed E-state index contributed by atoms with van der Waals surface area (Å²) in [5, 5.41) is 9.01. The first-order chi connectivity index (χ1) is 7.10. The molecule has 0 heterocycles. The quantitative estimate of drug-likeness (QED) is 0.545. The SMILES string of the molecule is COC(=O)Oc1c(C#N)ccc(C)c1Cl. The normalized spacial score (nSPS) is 9.20. The Labute approximate surface area is 92.0 Å². The molecular formula is C10H8ClNO3. The van der Waals surface area contributed by atoms with Gasteiger partial charge in [0.1, 0.15) is 6.07 Å². The van der Waals surface area contributed by atoms with E-state index in [0.717, 1.165) is 5.56 Å². The Kier molecular flexibility index (Phi) is 3.53. The molecule has 0 aliphatic rings. The van der Waals surface area contributed by atoms with Gasteiger partial charge in [0.05, 0.1) is 17.7 Å². The first kappa shape index (κ1) is 11.3. The van der Waals surface area contributed by atoms with E-state index in [9.17, 15) is 4.79 Å². The lowest BCUT2D eigenvalue weighted by Crippen LogP contribution is -2.09. The van der Waals surface area contributed by atoms with Crippen LogP contribution in [-0.4, -0.2) is 13.3 Å². The number of methoxy groups -OCH3 is 1. The van der Waals surface area contributed by atoms with Crippen molar-refractivity contribution >= 4 is 17.8 Å². The van der Waals surface area contributed by atoms with Crippen molar-refractivity contribution in [3.05, 3.63) is 28.3 Å². The predicted octanol–water partition coefficient (Wildman–Crippen LogP) is 2.67. The van der Waals surface area contributed by atoms with Gasteiger partial charge >= 0.3 is 6.16 Å². The molecular weight excluding hydrogens is 218 g/mol. The molecule has 1 aromatic carbocycles. The molecule has 1 rings (SSSR count). The molecule has 1 aromatic rings. The maximum Gasteiger partial charge on any atom is 0.513 e. The van der Waals surface area contributed by atoms with Crippen molar-refractivity contribution in [2.75, 3.05) is 7.11 Å². The van der Waals surface area contributed by atoms with Crippen molar-refractivity contribution in [2.45, 2.75) is 6.92 Å². The Morgan fingerprint density at radius 1 is 1.53 bits per heavy atom. The maximum atomic E-state index is 10.9. The molecule has 0 fully saturated rings. The monoisotopic (exact) mass is 225 g/mol. The number of nitrogens with zero attached hydrogens (tertiary/aromatic N) is 1. The summed E-state index contributed by atoms with van der Waals surface area (Å²) in [6.45, 7) is 1.74. The van der Waals surface area contributed by atoms with E-state index in [1.165, 1.54) is 13.2 Å². The number of aryl methyl sites for hydroxylation is 1. The number of carbonyl (C=O) groups is 1. The molecule has 0 spiro atoms. The molecule has 0 N–H and O–H groups in total. The molecule has 0 saturated carbocycles. The van der Waals surface area contributed by atoms with Crippen molar-refractivity contribution in [1.29, 1.82) is 5.26 Å². The van der Waals surface area contributed by atoms with Crippen LogP contribution in [0.2, 0.25) is 5.02 Å². The third-order valence-electron chi connectivity index (χ3n) is 1.76. The van der Waals surface area contributed by atoms with Gasteiger partial charge in [-0.15, -0.1) is 0 Å². The number of halogens is 1. The largest absolute Gasteiger partial charge is 0.513 e.